The van der Waals surface area contributed by atoms with Gasteiger partial charge in [0.1, 0.15) is 11.0 Å². The number of fused-ring (bicyclic) bond motifs is 3. The summed E-state index contributed by atoms with van der Waals surface area (Å²) in [5, 5.41) is 4.72. The second-order valence-electron chi connectivity index (χ2n) is 10.3. The summed E-state index contributed by atoms with van der Waals surface area (Å²) < 4.78 is 15.7. The molecule has 0 spiro atoms. The minimum Gasteiger partial charge on any atom is -0.362 e. The first-order valence-corrected chi connectivity index (χ1v) is 15.6. The average molecular weight is 611 g/mol. The molecule has 2 aliphatic rings. The van der Waals surface area contributed by atoms with E-state index in [-0.39, 0.29) is 11.1 Å². The van der Waals surface area contributed by atoms with Crippen LogP contribution in [0.5, 0.6) is 0 Å². The van der Waals surface area contributed by atoms with E-state index in [1.807, 2.05) is 34.5 Å². The molecule has 0 aliphatic carbocycles. The van der Waals surface area contributed by atoms with E-state index < -0.39 is 5.82 Å². The number of anilines is 1. The quantitative estimate of drug-likeness (QED) is 0.234. The summed E-state index contributed by atoms with van der Waals surface area (Å²) in [5.41, 5.74) is 6.02. The Labute approximate surface area is 253 Å². The number of nitrogens with one attached hydrogen (secondary N) is 1. The van der Waals surface area contributed by atoms with Crippen LogP contribution in [0.25, 0.3) is 17.0 Å². The summed E-state index contributed by atoms with van der Waals surface area (Å²) in [6.45, 7) is 3.66. The Morgan fingerprint density at radius 1 is 1.12 bits per heavy atom. The van der Waals surface area contributed by atoms with Crippen LogP contribution in [0.4, 0.5) is 14.9 Å². The van der Waals surface area contributed by atoms with Crippen LogP contribution < -0.4 is 10.2 Å². The second-order valence-corrected chi connectivity index (χ2v) is 12.2. The summed E-state index contributed by atoms with van der Waals surface area (Å²) >= 11 is 13.8. The van der Waals surface area contributed by atoms with Crippen molar-refractivity contribution in [3.8, 4) is 0 Å². The molecule has 0 radical (unpaired) electrons. The lowest BCUT2D eigenvalue weighted by molar-refractivity contribution is 0.240. The van der Waals surface area contributed by atoms with Gasteiger partial charge in [-0.3, -0.25) is 9.47 Å². The molecule has 0 saturated carbocycles. The first-order chi connectivity index (χ1) is 20.0. The van der Waals surface area contributed by atoms with Crippen LogP contribution in [-0.4, -0.2) is 51.7 Å². The molecule has 1 fully saturated rings. The van der Waals surface area contributed by atoms with Crippen molar-refractivity contribution in [3.63, 3.8) is 0 Å². The molecule has 4 heterocycles. The molecule has 2 aromatic carbocycles. The minimum atomic E-state index is -0.419. The number of rotatable bonds is 6. The predicted molar refractivity (Wildman–Crippen MR) is 168 cm³/mol. The van der Waals surface area contributed by atoms with E-state index in [2.05, 4.69) is 44.4 Å². The summed E-state index contributed by atoms with van der Waals surface area (Å²) in [5.74, 6) is 1.75. The molecule has 2 aliphatic heterocycles. The maximum absolute atomic E-state index is 13.9. The Bertz CT molecular complexity index is 1620. The molecule has 6 rings (SSSR count). The van der Waals surface area contributed by atoms with Crippen LogP contribution in [0, 0.1) is 5.82 Å². The normalized spacial score (nSPS) is 15.9. The maximum atomic E-state index is 13.9. The van der Waals surface area contributed by atoms with Gasteiger partial charge in [-0.25, -0.2) is 14.2 Å². The van der Waals surface area contributed by atoms with Crippen molar-refractivity contribution < 1.29 is 9.18 Å². The molecular formula is C31H30Cl2FN5OS. The molecule has 1 N–H and O–H groups in total. The number of hydrogen-bond acceptors (Lipinski definition) is 5. The van der Waals surface area contributed by atoms with Crippen LogP contribution in [0.15, 0.2) is 60.8 Å². The molecule has 0 bridgehead atoms. The molecule has 0 atom stereocenters. The fourth-order valence-electron chi connectivity index (χ4n) is 5.55. The Morgan fingerprint density at radius 3 is 2.83 bits per heavy atom. The lowest BCUT2D eigenvalue weighted by Crippen LogP contribution is -2.34. The van der Waals surface area contributed by atoms with Gasteiger partial charge < -0.3 is 10.2 Å². The monoisotopic (exact) mass is 609 g/mol. The fraction of sp³-hybridized carbons (Fsp3) is 0.290. The minimum absolute atomic E-state index is 0.123. The number of halogens is 3. The van der Waals surface area contributed by atoms with Gasteiger partial charge in [-0.1, -0.05) is 41.4 Å². The van der Waals surface area contributed by atoms with Gasteiger partial charge >= 0.3 is 6.03 Å². The van der Waals surface area contributed by atoms with Gasteiger partial charge in [0.25, 0.3) is 0 Å². The topological polar surface area (TPSA) is 53.4 Å². The molecule has 10 heteroatoms. The van der Waals surface area contributed by atoms with Crippen molar-refractivity contribution in [2.75, 3.05) is 36.2 Å². The van der Waals surface area contributed by atoms with Crippen molar-refractivity contribution in [2.45, 2.75) is 25.9 Å². The summed E-state index contributed by atoms with van der Waals surface area (Å²) in [7, 11) is 0. The van der Waals surface area contributed by atoms with E-state index in [1.165, 1.54) is 29.5 Å². The molecule has 4 aromatic rings. The van der Waals surface area contributed by atoms with Gasteiger partial charge in [-0.05, 0) is 71.3 Å². The van der Waals surface area contributed by atoms with Crippen LogP contribution in [0.2, 0.25) is 10.2 Å². The first kappa shape index (κ1) is 28.1. The van der Waals surface area contributed by atoms with E-state index in [9.17, 15) is 9.18 Å². The maximum Gasteiger partial charge on any atom is 0.326 e. The number of aromatic nitrogens is 2. The highest BCUT2D eigenvalue weighted by Gasteiger charge is 2.27. The Hall–Kier alpha value is -3.04. The molecule has 6 nitrogen and oxygen atoms in total. The third-order valence-electron chi connectivity index (χ3n) is 7.60. The smallest absolute Gasteiger partial charge is 0.326 e. The van der Waals surface area contributed by atoms with Crippen molar-refractivity contribution in [1.82, 2.24) is 19.8 Å². The number of carbonyl (C=O) groups excluding carboxylic acids is 1. The number of pyridine rings is 1. The third-order valence-corrected chi connectivity index (χ3v) is 9.18. The SMILES string of the molecule is O=C(NCc1ccnc(Cl)c1)n1c2c(c3cc(N4CCCSC4)ccc31)CN(C/C=C/c1ccc(Cl)c(F)c1)CC2. The number of amides is 1. The van der Waals surface area contributed by atoms with Crippen molar-refractivity contribution in [1.29, 1.82) is 0 Å². The van der Waals surface area contributed by atoms with Gasteiger partial charge in [-0.15, -0.1) is 11.8 Å². The summed E-state index contributed by atoms with van der Waals surface area (Å²) in [4.78, 5) is 22.4. The average Bonchev–Trinajstić information content (AvgIpc) is 3.31. The highest BCUT2D eigenvalue weighted by Crippen LogP contribution is 2.35. The molecule has 0 unspecified atom stereocenters. The van der Waals surface area contributed by atoms with Crippen molar-refractivity contribution in [3.05, 3.63) is 99.2 Å². The van der Waals surface area contributed by atoms with Crippen LogP contribution >= 0.6 is 35.0 Å². The highest BCUT2D eigenvalue weighted by atomic mass is 35.5. The van der Waals surface area contributed by atoms with Gasteiger partial charge in [0.2, 0.25) is 0 Å². The van der Waals surface area contributed by atoms with E-state index >= 15 is 0 Å². The highest BCUT2D eigenvalue weighted by molar-refractivity contribution is 7.99. The zero-order valence-corrected chi connectivity index (χ0v) is 24.8. The number of nitrogens with zero attached hydrogens (tertiary/aromatic N) is 4. The Morgan fingerprint density at radius 2 is 2.02 bits per heavy atom. The van der Waals surface area contributed by atoms with Gasteiger partial charge in [-0.2, -0.15) is 0 Å². The van der Waals surface area contributed by atoms with Crippen LogP contribution in [0.3, 0.4) is 0 Å². The number of thioether (sulfide) groups is 1. The lowest BCUT2D eigenvalue weighted by atomic mass is 10.0. The van der Waals surface area contributed by atoms with Gasteiger partial charge in [0, 0.05) is 62.1 Å². The summed E-state index contributed by atoms with van der Waals surface area (Å²) in [6, 6.07) is 14.8. The van der Waals surface area contributed by atoms with E-state index in [4.69, 9.17) is 23.2 Å². The van der Waals surface area contributed by atoms with E-state index in [1.54, 1.807) is 18.3 Å². The van der Waals surface area contributed by atoms with Gasteiger partial charge in [0.05, 0.1) is 16.4 Å². The molecule has 2 aromatic heterocycles. The molecule has 1 amide bonds. The van der Waals surface area contributed by atoms with Gasteiger partial charge in [0.15, 0.2) is 0 Å². The van der Waals surface area contributed by atoms with Crippen LogP contribution in [0.1, 0.15) is 28.8 Å². The molecule has 212 valence electrons. The van der Waals surface area contributed by atoms with Crippen molar-refractivity contribution >= 4 is 63.7 Å². The van der Waals surface area contributed by atoms with E-state index in [0.29, 0.717) is 18.2 Å². The number of benzene rings is 2. The van der Waals surface area contributed by atoms with E-state index in [0.717, 1.165) is 59.7 Å². The zero-order valence-electron chi connectivity index (χ0n) is 22.5. The first-order valence-electron chi connectivity index (χ1n) is 13.7. The zero-order chi connectivity index (χ0) is 28.3. The predicted octanol–water partition coefficient (Wildman–Crippen LogP) is 7.21. The molecular weight excluding hydrogens is 580 g/mol. The second kappa shape index (κ2) is 12.4. The Balaban J connectivity index is 1.28. The standard InChI is InChI=1S/C31H30Cl2FN5OS/c32-26-6-4-21(15-27(26)34)3-1-11-37-13-9-29-25(19-37)24-17-23(38-12-2-14-41-20-38)5-7-28(24)39(29)31(40)36-18-22-8-10-35-30(33)16-22/h1,3-8,10,15-17H,2,9,11-14,18-20H2,(H,36,40)/b3-1+. The largest absolute Gasteiger partial charge is 0.362 e. The fourth-order valence-corrected chi connectivity index (χ4v) is 6.83. The van der Waals surface area contributed by atoms with Crippen LogP contribution in [-0.2, 0) is 19.5 Å². The lowest BCUT2D eigenvalue weighted by Gasteiger charge is -2.29. The number of carbonyl (C=O) groups is 1. The number of hydrogen-bond donors (Lipinski definition) is 1. The summed E-state index contributed by atoms with van der Waals surface area (Å²) in [6.07, 6.45) is 7.53. The molecule has 1 saturated heterocycles. The molecule has 41 heavy (non-hydrogen) atoms. The Kier molecular flexibility index (Phi) is 8.53. The third kappa shape index (κ3) is 6.26. The van der Waals surface area contributed by atoms with Crippen molar-refractivity contribution in [2.24, 2.45) is 0 Å².